The fraction of sp³-hybridized carbons (Fsp3) is 0.125. The molecule has 3 N–H and O–H groups in total. The summed E-state index contributed by atoms with van der Waals surface area (Å²) in [7, 11) is 3.18. The van der Waals surface area contributed by atoms with E-state index in [0.29, 0.717) is 22.8 Å². The number of nitrogen functional groups attached to an aromatic ring is 1. The molecule has 0 fully saturated rings. The molecule has 0 saturated carbocycles. The van der Waals surface area contributed by atoms with Crippen LogP contribution < -0.4 is 15.1 Å². The van der Waals surface area contributed by atoms with Crippen molar-refractivity contribution >= 4 is 28.4 Å². The normalized spacial score (nSPS) is 13.8. The number of nitrogens with zero attached hydrogens (tertiary/aromatic N) is 3. The van der Waals surface area contributed by atoms with Crippen molar-refractivity contribution in [3.63, 3.8) is 0 Å². The molecular weight excluding hydrogens is 280 g/mol. The van der Waals surface area contributed by atoms with Crippen LogP contribution in [0.4, 0.5) is 17.5 Å². The van der Waals surface area contributed by atoms with Crippen molar-refractivity contribution in [2.75, 3.05) is 19.9 Å². The number of quaternary nitrogens is 1. The van der Waals surface area contributed by atoms with E-state index in [9.17, 15) is 5.21 Å². The lowest BCUT2D eigenvalue weighted by molar-refractivity contribution is -0.00326. The Morgan fingerprint density at radius 1 is 1.05 bits per heavy atom. The van der Waals surface area contributed by atoms with E-state index in [-0.39, 0.29) is 5.95 Å². The number of methoxy groups -OCH3 is 1. The first-order chi connectivity index (χ1) is 10.5. The van der Waals surface area contributed by atoms with Gasteiger partial charge in [0.1, 0.15) is 18.6 Å². The standard InChI is InChI=1S/C16H17N4O2/c1-20(21,11-7-9-12(22-2)10-8-11)16-18-14-6-4-3-5-13(14)15(17)19-16/h3-10,21H,1-2H3,(H2,17,18,19)/q+1. The largest absolute Gasteiger partial charge is 0.497 e. The van der Waals surface area contributed by atoms with Crippen molar-refractivity contribution < 1.29 is 9.94 Å². The maximum atomic E-state index is 10.8. The molecule has 6 heteroatoms. The van der Waals surface area contributed by atoms with Gasteiger partial charge in [0.2, 0.25) is 0 Å². The summed E-state index contributed by atoms with van der Waals surface area (Å²) in [4.78, 5) is 8.68. The van der Waals surface area contributed by atoms with Gasteiger partial charge in [0.25, 0.3) is 0 Å². The summed E-state index contributed by atoms with van der Waals surface area (Å²) < 4.78 is 4.53. The van der Waals surface area contributed by atoms with Gasteiger partial charge in [0.05, 0.1) is 12.6 Å². The van der Waals surface area contributed by atoms with E-state index >= 15 is 0 Å². The third-order valence-corrected chi connectivity index (χ3v) is 3.59. The van der Waals surface area contributed by atoms with Crippen LogP contribution >= 0.6 is 0 Å². The Morgan fingerprint density at radius 3 is 2.41 bits per heavy atom. The minimum Gasteiger partial charge on any atom is -0.497 e. The Bertz CT molecular complexity index is 816. The van der Waals surface area contributed by atoms with Gasteiger partial charge in [-0.2, -0.15) is 9.97 Å². The number of fused-ring (bicyclic) bond motifs is 1. The monoisotopic (exact) mass is 297 g/mol. The molecule has 1 heterocycles. The number of hydrogen-bond acceptors (Lipinski definition) is 5. The Kier molecular flexibility index (Phi) is 3.40. The first kappa shape index (κ1) is 14.2. The zero-order chi connectivity index (χ0) is 15.7. The van der Waals surface area contributed by atoms with Gasteiger partial charge >= 0.3 is 5.95 Å². The van der Waals surface area contributed by atoms with Crippen molar-refractivity contribution in [3.05, 3.63) is 48.5 Å². The Morgan fingerprint density at radius 2 is 1.73 bits per heavy atom. The van der Waals surface area contributed by atoms with Gasteiger partial charge in [-0.15, -0.1) is 0 Å². The number of ether oxygens (including phenoxy) is 1. The van der Waals surface area contributed by atoms with Crippen molar-refractivity contribution in [2.45, 2.75) is 0 Å². The Labute approximate surface area is 128 Å². The van der Waals surface area contributed by atoms with Gasteiger partial charge in [0, 0.05) is 17.5 Å². The summed E-state index contributed by atoms with van der Waals surface area (Å²) in [6, 6.07) is 14.5. The van der Waals surface area contributed by atoms with Crippen molar-refractivity contribution in [1.82, 2.24) is 14.6 Å². The average Bonchev–Trinajstić information content (AvgIpc) is 2.55. The predicted molar refractivity (Wildman–Crippen MR) is 86.1 cm³/mol. The number of hydrogen-bond donors (Lipinski definition) is 2. The molecule has 0 spiro atoms. The first-order valence-corrected chi connectivity index (χ1v) is 6.79. The van der Waals surface area contributed by atoms with E-state index < -0.39 is 4.65 Å². The summed E-state index contributed by atoms with van der Waals surface area (Å²) in [6.07, 6.45) is 0. The Balaban J connectivity index is 2.11. The number of rotatable bonds is 3. The highest BCUT2D eigenvalue weighted by Crippen LogP contribution is 2.31. The van der Waals surface area contributed by atoms with E-state index in [0.717, 1.165) is 5.39 Å². The van der Waals surface area contributed by atoms with E-state index in [2.05, 4.69) is 9.97 Å². The van der Waals surface area contributed by atoms with Crippen molar-refractivity contribution in [1.29, 1.82) is 0 Å². The fourth-order valence-corrected chi connectivity index (χ4v) is 2.27. The SMILES string of the molecule is COc1ccc([N+](C)(O)c2nc(N)c3ccccc3n2)cc1. The van der Waals surface area contributed by atoms with Gasteiger partial charge in [-0.1, -0.05) is 16.8 Å². The molecule has 0 aliphatic heterocycles. The number of aromatic nitrogens is 2. The van der Waals surface area contributed by atoms with Crippen molar-refractivity contribution in [3.8, 4) is 5.75 Å². The minimum atomic E-state index is -0.598. The maximum Gasteiger partial charge on any atom is 0.369 e. The molecule has 1 unspecified atom stereocenters. The second-order valence-corrected chi connectivity index (χ2v) is 5.08. The first-order valence-electron chi connectivity index (χ1n) is 6.79. The van der Waals surface area contributed by atoms with E-state index in [1.165, 1.54) is 0 Å². The zero-order valence-electron chi connectivity index (χ0n) is 12.4. The predicted octanol–water partition coefficient (Wildman–Crippen LogP) is 2.88. The number of benzene rings is 2. The van der Waals surface area contributed by atoms with Gasteiger partial charge in [0.15, 0.2) is 5.69 Å². The summed E-state index contributed by atoms with van der Waals surface area (Å²) >= 11 is 0. The lowest BCUT2D eigenvalue weighted by Gasteiger charge is -2.22. The summed E-state index contributed by atoms with van der Waals surface area (Å²) in [5, 5.41) is 11.6. The third kappa shape index (κ3) is 2.34. The molecule has 0 saturated heterocycles. The molecule has 112 valence electrons. The smallest absolute Gasteiger partial charge is 0.369 e. The van der Waals surface area contributed by atoms with Crippen LogP contribution in [0.1, 0.15) is 0 Å². The van der Waals surface area contributed by atoms with Crippen LogP contribution in [0.5, 0.6) is 5.75 Å². The fourth-order valence-electron chi connectivity index (χ4n) is 2.27. The number of anilines is 1. The van der Waals surface area contributed by atoms with Crippen LogP contribution in [0.25, 0.3) is 10.9 Å². The zero-order valence-corrected chi connectivity index (χ0v) is 12.4. The summed E-state index contributed by atoms with van der Waals surface area (Å²) in [6.45, 7) is 0. The highest BCUT2D eigenvalue weighted by atomic mass is 16.5. The van der Waals surface area contributed by atoms with Crippen LogP contribution in [0.2, 0.25) is 0 Å². The second kappa shape index (κ2) is 5.25. The van der Waals surface area contributed by atoms with Crippen LogP contribution in [0.15, 0.2) is 48.5 Å². The molecule has 0 aliphatic carbocycles. The molecule has 2 aromatic carbocycles. The van der Waals surface area contributed by atoms with Gasteiger partial charge in [-0.05, 0) is 24.3 Å². The topological polar surface area (TPSA) is 81.3 Å². The number of hydroxylamine groups is 1. The molecule has 1 atom stereocenters. The van der Waals surface area contributed by atoms with Crippen LogP contribution in [0.3, 0.4) is 0 Å². The summed E-state index contributed by atoms with van der Waals surface area (Å²) in [5.74, 6) is 1.26. The Hall–Kier alpha value is -2.70. The molecule has 3 rings (SSSR count). The summed E-state index contributed by atoms with van der Waals surface area (Å²) in [5.41, 5.74) is 7.28. The van der Waals surface area contributed by atoms with Crippen molar-refractivity contribution in [2.24, 2.45) is 0 Å². The number of para-hydroxylation sites is 1. The molecule has 0 aliphatic rings. The van der Waals surface area contributed by atoms with Gasteiger partial charge in [-0.25, -0.2) is 5.21 Å². The molecule has 6 nitrogen and oxygen atoms in total. The highest BCUT2D eigenvalue weighted by Gasteiger charge is 2.31. The molecule has 0 bridgehead atoms. The van der Waals surface area contributed by atoms with E-state index in [1.54, 1.807) is 38.4 Å². The second-order valence-electron chi connectivity index (χ2n) is 5.08. The lowest BCUT2D eigenvalue weighted by atomic mass is 10.2. The third-order valence-electron chi connectivity index (χ3n) is 3.59. The molecular formula is C16H17N4O2+. The maximum absolute atomic E-state index is 10.8. The van der Waals surface area contributed by atoms with Gasteiger partial charge in [-0.3, -0.25) is 0 Å². The average molecular weight is 297 g/mol. The highest BCUT2D eigenvalue weighted by molar-refractivity contribution is 5.88. The molecule has 22 heavy (non-hydrogen) atoms. The van der Waals surface area contributed by atoms with Crippen LogP contribution in [-0.4, -0.2) is 29.3 Å². The molecule has 0 amide bonds. The molecule has 1 aromatic heterocycles. The van der Waals surface area contributed by atoms with Crippen LogP contribution in [0, 0.1) is 0 Å². The van der Waals surface area contributed by atoms with E-state index in [1.807, 2.05) is 24.3 Å². The quantitative estimate of drug-likeness (QED) is 0.574. The minimum absolute atomic E-state index is 0.210. The number of nitrogens with two attached hydrogens (primary N) is 1. The van der Waals surface area contributed by atoms with Gasteiger partial charge < -0.3 is 10.5 Å². The molecule has 0 radical (unpaired) electrons. The molecule has 3 aromatic rings. The van der Waals surface area contributed by atoms with E-state index in [4.69, 9.17) is 10.5 Å². The van der Waals surface area contributed by atoms with Crippen LogP contribution in [-0.2, 0) is 0 Å². The lowest BCUT2D eigenvalue weighted by Crippen LogP contribution is -2.37.